The summed E-state index contributed by atoms with van der Waals surface area (Å²) in [7, 11) is 0. The van der Waals surface area contributed by atoms with Gasteiger partial charge < -0.3 is 10.1 Å². The fraction of sp³-hybridized carbons (Fsp3) is 0.250. The number of nitrogens with zero attached hydrogens (tertiary/aromatic N) is 3. The Morgan fingerprint density at radius 3 is 3.14 bits per heavy atom. The molecular formula is C8H8N4O2. The van der Waals surface area contributed by atoms with Gasteiger partial charge >= 0.3 is 5.97 Å². The van der Waals surface area contributed by atoms with Gasteiger partial charge in [-0.25, -0.2) is 15.0 Å². The van der Waals surface area contributed by atoms with Crippen LogP contribution in [0.15, 0.2) is 12.5 Å². The quantitative estimate of drug-likeness (QED) is 0.732. The average molecular weight is 192 g/mol. The molecule has 0 saturated carbocycles. The van der Waals surface area contributed by atoms with E-state index in [-0.39, 0.29) is 6.42 Å². The number of hydrogen-bond acceptors (Lipinski definition) is 4. The predicted octanol–water partition coefficient (Wildman–Crippen LogP) is 0.370. The summed E-state index contributed by atoms with van der Waals surface area (Å²) in [5, 5.41) is 8.47. The molecule has 2 heterocycles. The lowest BCUT2D eigenvalue weighted by molar-refractivity contribution is -0.137. The molecule has 2 aromatic heterocycles. The van der Waals surface area contributed by atoms with Gasteiger partial charge in [0.15, 0.2) is 5.65 Å². The Morgan fingerprint density at radius 2 is 2.36 bits per heavy atom. The molecule has 0 amide bonds. The first kappa shape index (κ1) is 8.61. The Labute approximate surface area is 79.0 Å². The van der Waals surface area contributed by atoms with Gasteiger partial charge in [-0.05, 0) is 0 Å². The second kappa shape index (κ2) is 3.41. The van der Waals surface area contributed by atoms with Crippen LogP contribution in [0.3, 0.4) is 0 Å². The van der Waals surface area contributed by atoms with Crippen molar-refractivity contribution in [2.45, 2.75) is 12.8 Å². The van der Waals surface area contributed by atoms with Crippen LogP contribution in [-0.4, -0.2) is 31.0 Å². The summed E-state index contributed by atoms with van der Waals surface area (Å²) in [5.74, 6) is -0.345. The third kappa shape index (κ3) is 1.68. The van der Waals surface area contributed by atoms with E-state index in [1.54, 1.807) is 6.20 Å². The van der Waals surface area contributed by atoms with Crippen molar-refractivity contribution >= 4 is 17.1 Å². The smallest absolute Gasteiger partial charge is 0.303 e. The highest BCUT2D eigenvalue weighted by Gasteiger charge is 2.04. The third-order valence-corrected chi connectivity index (χ3v) is 1.79. The van der Waals surface area contributed by atoms with Gasteiger partial charge in [-0.2, -0.15) is 0 Å². The lowest BCUT2D eigenvalue weighted by Crippen LogP contribution is -2.01. The molecule has 0 radical (unpaired) electrons. The molecule has 2 N–H and O–H groups in total. The standard InChI is InChI=1S/C8H8N4O2/c13-7(14)2-1-6-9-3-5-8(12-6)11-4-10-5/h3-4H,1-2H2,(H,13,14)(H,9,10,11,12). The third-order valence-electron chi connectivity index (χ3n) is 1.79. The van der Waals surface area contributed by atoms with Crippen molar-refractivity contribution in [3.05, 3.63) is 18.3 Å². The van der Waals surface area contributed by atoms with Crippen molar-refractivity contribution in [2.24, 2.45) is 0 Å². The lowest BCUT2D eigenvalue weighted by Gasteiger charge is -1.95. The number of imidazole rings is 1. The van der Waals surface area contributed by atoms with E-state index in [2.05, 4.69) is 19.9 Å². The Balaban J connectivity index is 2.21. The van der Waals surface area contributed by atoms with Crippen LogP contribution < -0.4 is 0 Å². The maximum Gasteiger partial charge on any atom is 0.303 e. The van der Waals surface area contributed by atoms with Gasteiger partial charge in [-0.1, -0.05) is 0 Å². The molecule has 0 aliphatic carbocycles. The SMILES string of the molecule is O=C(O)CCc1ncc2[nH]cnc2n1. The topological polar surface area (TPSA) is 91.8 Å². The molecule has 0 unspecified atom stereocenters. The number of aromatic amines is 1. The van der Waals surface area contributed by atoms with E-state index >= 15 is 0 Å². The van der Waals surface area contributed by atoms with Gasteiger partial charge in [0, 0.05) is 6.42 Å². The highest BCUT2D eigenvalue weighted by Crippen LogP contribution is 2.05. The maximum absolute atomic E-state index is 10.3. The minimum Gasteiger partial charge on any atom is -0.481 e. The van der Waals surface area contributed by atoms with Crippen molar-refractivity contribution < 1.29 is 9.90 Å². The van der Waals surface area contributed by atoms with E-state index in [0.717, 1.165) is 5.52 Å². The van der Waals surface area contributed by atoms with E-state index in [0.29, 0.717) is 17.9 Å². The van der Waals surface area contributed by atoms with Crippen LogP contribution in [0.2, 0.25) is 0 Å². The summed E-state index contributed by atoms with van der Waals surface area (Å²) >= 11 is 0. The largest absolute Gasteiger partial charge is 0.481 e. The van der Waals surface area contributed by atoms with Gasteiger partial charge in [0.25, 0.3) is 0 Å². The van der Waals surface area contributed by atoms with Gasteiger partial charge in [0.1, 0.15) is 11.3 Å². The molecule has 6 heteroatoms. The van der Waals surface area contributed by atoms with E-state index in [1.807, 2.05) is 0 Å². The van der Waals surface area contributed by atoms with Crippen molar-refractivity contribution in [1.29, 1.82) is 0 Å². The van der Waals surface area contributed by atoms with Crippen LogP contribution in [-0.2, 0) is 11.2 Å². The molecular weight excluding hydrogens is 184 g/mol. The van der Waals surface area contributed by atoms with Crippen LogP contribution in [0, 0.1) is 0 Å². The Kier molecular flexibility index (Phi) is 2.10. The summed E-state index contributed by atoms with van der Waals surface area (Å²) in [6.07, 6.45) is 3.50. The normalized spacial score (nSPS) is 10.6. The number of rotatable bonds is 3. The molecule has 0 bridgehead atoms. The Bertz CT molecular complexity index is 465. The fourth-order valence-electron chi connectivity index (χ4n) is 1.11. The highest BCUT2D eigenvalue weighted by atomic mass is 16.4. The monoisotopic (exact) mass is 192 g/mol. The first-order valence-corrected chi connectivity index (χ1v) is 4.12. The number of carboxylic acids is 1. The van der Waals surface area contributed by atoms with Crippen LogP contribution in [0.5, 0.6) is 0 Å². The first-order valence-electron chi connectivity index (χ1n) is 4.12. The summed E-state index contributed by atoms with van der Waals surface area (Å²) < 4.78 is 0. The lowest BCUT2D eigenvalue weighted by atomic mass is 10.3. The van der Waals surface area contributed by atoms with Crippen molar-refractivity contribution in [3.63, 3.8) is 0 Å². The molecule has 0 spiro atoms. The first-order chi connectivity index (χ1) is 6.75. The number of aromatic nitrogens is 4. The van der Waals surface area contributed by atoms with Crippen molar-refractivity contribution in [1.82, 2.24) is 19.9 Å². The molecule has 72 valence electrons. The van der Waals surface area contributed by atoms with Crippen LogP contribution in [0.25, 0.3) is 11.2 Å². The van der Waals surface area contributed by atoms with Gasteiger partial charge in [0.2, 0.25) is 0 Å². The zero-order chi connectivity index (χ0) is 9.97. The number of H-pyrrole nitrogens is 1. The highest BCUT2D eigenvalue weighted by molar-refractivity contribution is 5.69. The zero-order valence-corrected chi connectivity index (χ0v) is 7.27. The minimum atomic E-state index is -0.851. The van der Waals surface area contributed by atoms with E-state index < -0.39 is 5.97 Å². The number of fused-ring (bicyclic) bond motifs is 1. The summed E-state index contributed by atoms with van der Waals surface area (Å²) in [5.41, 5.74) is 1.32. The zero-order valence-electron chi connectivity index (χ0n) is 7.27. The second-order valence-corrected chi connectivity index (χ2v) is 2.82. The maximum atomic E-state index is 10.3. The molecule has 0 aromatic carbocycles. The van der Waals surface area contributed by atoms with Gasteiger partial charge in [0.05, 0.1) is 18.9 Å². The fourth-order valence-corrected chi connectivity index (χ4v) is 1.11. The molecule has 14 heavy (non-hydrogen) atoms. The molecule has 0 aliphatic rings. The Hall–Kier alpha value is -1.98. The number of aliphatic carboxylic acids is 1. The van der Waals surface area contributed by atoms with E-state index in [1.165, 1.54) is 6.33 Å². The van der Waals surface area contributed by atoms with Crippen LogP contribution in [0.4, 0.5) is 0 Å². The van der Waals surface area contributed by atoms with Crippen molar-refractivity contribution in [2.75, 3.05) is 0 Å². The molecule has 2 rings (SSSR count). The van der Waals surface area contributed by atoms with Crippen molar-refractivity contribution in [3.8, 4) is 0 Å². The van der Waals surface area contributed by atoms with Gasteiger partial charge in [-0.3, -0.25) is 4.79 Å². The van der Waals surface area contributed by atoms with E-state index in [9.17, 15) is 4.79 Å². The number of carbonyl (C=O) groups is 1. The molecule has 0 saturated heterocycles. The summed E-state index contributed by atoms with van der Waals surface area (Å²) in [6, 6.07) is 0. The van der Waals surface area contributed by atoms with Gasteiger partial charge in [-0.15, -0.1) is 0 Å². The molecule has 0 fully saturated rings. The minimum absolute atomic E-state index is 0.0376. The van der Waals surface area contributed by atoms with Crippen LogP contribution >= 0.6 is 0 Å². The average Bonchev–Trinajstić information content (AvgIpc) is 2.61. The number of carboxylic acid groups (broad SMARTS) is 1. The molecule has 6 nitrogen and oxygen atoms in total. The summed E-state index contributed by atoms with van der Waals surface area (Å²) in [6.45, 7) is 0. The number of aryl methyl sites for hydroxylation is 1. The van der Waals surface area contributed by atoms with Crippen LogP contribution in [0.1, 0.15) is 12.2 Å². The molecule has 2 aromatic rings. The second-order valence-electron chi connectivity index (χ2n) is 2.82. The van der Waals surface area contributed by atoms with E-state index in [4.69, 9.17) is 5.11 Å². The number of nitrogens with one attached hydrogen (secondary N) is 1. The molecule has 0 atom stereocenters. The Morgan fingerprint density at radius 1 is 1.50 bits per heavy atom. The predicted molar refractivity (Wildman–Crippen MR) is 47.6 cm³/mol. The molecule has 0 aliphatic heterocycles. The summed E-state index contributed by atoms with van der Waals surface area (Å²) in [4.78, 5) is 25.2. The number of hydrogen-bond donors (Lipinski definition) is 2.